The van der Waals surface area contributed by atoms with Gasteiger partial charge < -0.3 is 20.7 Å². The van der Waals surface area contributed by atoms with Gasteiger partial charge in [-0.3, -0.25) is 4.79 Å². The molecule has 0 bridgehead atoms. The summed E-state index contributed by atoms with van der Waals surface area (Å²) in [5, 5.41) is 2.52. The zero-order chi connectivity index (χ0) is 32.4. The number of methoxy groups -OCH3 is 1. The first-order valence-corrected chi connectivity index (χ1v) is 15.2. The molecule has 2 heterocycles. The molecule has 0 saturated carbocycles. The van der Waals surface area contributed by atoms with Crippen LogP contribution in [0.4, 0.5) is 24.8 Å². The number of sulfonamides is 1. The number of aromatic nitrogens is 2. The molecule has 0 unspecified atom stereocenters. The van der Waals surface area contributed by atoms with Crippen LogP contribution in [-0.4, -0.2) is 67.4 Å². The Bertz CT molecular complexity index is 1640. The summed E-state index contributed by atoms with van der Waals surface area (Å²) in [4.78, 5) is 34.7. The molecule has 2 aromatic carbocycles. The maximum atomic E-state index is 13.7. The minimum absolute atomic E-state index is 0.00507. The second-order valence-electron chi connectivity index (χ2n) is 10.3. The highest BCUT2D eigenvalue weighted by Gasteiger charge is 2.41. The van der Waals surface area contributed by atoms with Crippen molar-refractivity contribution >= 4 is 45.1 Å². The molecule has 1 saturated heterocycles. The monoisotopic (exact) mass is 654 g/mol. The number of carbonyl (C=O) groups excluding carboxylic acids is 2. The zero-order valence-electron chi connectivity index (χ0n) is 23.9. The Morgan fingerprint density at radius 2 is 1.73 bits per heavy atom. The molecule has 1 atom stereocenters. The molecule has 16 heteroatoms. The van der Waals surface area contributed by atoms with E-state index in [2.05, 4.69) is 20.0 Å². The van der Waals surface area contributed by atoms with Gasteiger partial charge in [0.1, 0.15) is 6.04 Å². The van der Waals surface area contributed by atoms with Gasteiger partial charge >= 0.3 is 12.1 Å². The van der Waals surface area contributed by atoms with Crippen LogP contribution in [0, 0.1) is 0 Å². The number of nitrogens with zero attached hydrogens (tertiary/aromatic N) is 4. The molecule has 11 nitrogen and oxygen atoms in total. The van der Waals surface area contributed by atoms with E-state index in [9.17, 15) is 31.2 Å². The third kappa shape index (κ3) is 7.05. The molecule has 3 aromatic rings. The van der Waals surface area contributed by atoms with E-state index in [1.54, 1.807) is 0 Å². The number of nitrogens with one attached hydrogen (secondary N) is 1. The number of piperazine rings is 1. The molecule has 1 aliphatic rings. The third-order valence-electron chi connectivity index (χ3n) is 7.08. The van der Waals surface area contributed by atoms with Gasteiger partial charge in [-0.25, -0.2) is 23.2 Å². The molecule has 1 aliphatic heterocycles. The molecule has 0 spiro atoms. The number of esters is 1. The first-order chi connectivity index (χ1) is 20.6. The summed E-state index contributed by atoms with van der Waals surface area (Å²) in [6.07, 6.45) is -4.66. The topological polar surface area (TPSA) is 148 Å². The lowest BCUT2D eigenvalue weighted by Gasteiger charge is -2.40. The minimum Gasteiger partial charge on any atom is -0.464 e. The molecular formula is C28H30ClF3N6O5S. The quantitative estimate of drug-likeness (QED) is 0.346. The Morgan fingerprint density at radius 3 is 2.30 bits per heavy atom. The SMILES string of the molecule is COC(=O)c1nc(Cl)c(N2CCN(S(=O)(=O)c3ccc(C(F)(F)F)cc3)[C@@H](C(=O)NCc3ccc(C(C)C)cc3)C2)nc1N. The number of hydrogen-bond donors (Lipinski definition) is 2. The van der Waals surface area contributed by atoms with Gasteiger partial charge in [-0.05, 0) is 41.3 Å². The number of nitrogens with two attached hydrogens (primary N) is 1. The van der Waals surface area contributed by atoms with Crippen LogP contribution in [0.15, 0.2) is 53.4 Å². The maximum absolute atomic E-state index is 13.7. The first-order valence-electron chi connectivity index (χ1n) is 13.4. The van der Waals surface area contributed by atoms with E-state index in [1.165, 1.54) is 4.90 Å². The predicted molar refractivity (Wildman–Crippen MR) is 157 cm³/mol. The highest BCUT2D eigenvalue weighted by molar-refractivity contribution is 7.89. The lowest BCUT2D eigenvalue weighted by Crippen LogP contribution is -2.60. The summed E-state index contributed by atoms with van der Waals surface area (Å²) >= 11 is 6.31. The van der Waals surface area contributed by atoms with Gasteiger partial charge in [-0.1, -0.05) is 49.7 Å². The van der Waals surface area contributed by atoms with E-state index in [-0.39, 0.29) is 48.7 Å². The van der Waals surface area contributed by atoms with Gasteiger partial charge in [-0.15, -0.1) is 0 Å². The van der Waals surface area contributed by atoms with Gasteiger partial charge in [0.2, 0.25) is 15.9 Å². The maximum Gasteiger partial charge on any atom is 0.416 e. The number of hydrogen-bond acceptors (Lipinski definition) is 9. The summed E-state index contributed by atoms with van der Waals surface area (Å²) in [6, 6.07) is 9.23. The van der Waals surface area contributed by atoms with Crippen molar-refractivity contribution in [3.05, 3.63) is 76.1 Å². The fourth-order valence-electron chi connectivity index (χ4n) is 4.61. The number of ether oxygens (including phenoxy) is 1. The van der Waals surface area contributed by atoms with Crippen molar-refractivity contribution < 1.29 is 35.9 Å². The van der Waals surface area contributed by atoms with Crippen LogP contribution in [0.5, 0.6) is 0 Å². The smallest absolute Gasteiger partial charge is 0.416 e. The van der Waals surface area contributed by atoms with E-state index >= 15 is 0 Å². The van der Waals surface area contributed by atoms with Crippen molar-refractivity contribution in [1.82, 2.24) is 19.6 Å². The highest BCUT2D eigenvalue weighted by Crippen LogP contribution is 2.32. The van der Waals surface area contributed by atoms with E-state index in [4.69, 9.17) is 17.3 Å². The lowest BCUT2D eigenvalue weighted by molar-refractivity contribution is -0.137. The Kier molecular flexibility index (Phi) is 9.71. The van der Waals surface area contributed by atoms with Gasteiger partial charge in [0.15, 0.2) is 22.5 Å². The average molecular weight is 655 g/mol. The van der Waals surface area contributed by atoms with E-state index in [0.29, 0.717) is 18.1 Å². The normalized spacial score (nSPS) is 16.2. The van der Waals surface area contributed by atoms with Crippen LogP contribution >= 0.6 is 11.6 Å². The Labute approximate surface area is 257 Å². The Hall–Kier alpha value is -3.95. The van der Waals surface area contributed by atoms with E-state index in [0.717, 1.165) is 34.7 Å². The molecule has 1 aromatic heterocycles. The van der Waals surface area contributed by atoms with Crippen LogP contribution < -0.4 is 16.0 Å². The number of amides is 1. The van der Waals surface area contributed by atoms with Crippen molar-refractivity contribution in [3.8, 4) is 0 Å². The number of carbonyl (C=O) groups is 2. The van der Waals surface area contributed by atoms with Crippen LogP contribution in [0.1, 0.15) is 46.9 Å². The summed E-state index contributed by atoms with van der Waals surface area (Å²) < 4.78 is 72.2. The molecule has 4 rings (SSSR count). The Morgan fingerprint density at radius 1 is 1.09 bits per heavy atom. The highest BCUT2D eigenvalue weighted by atomic mass is 35.5. The second kappa shape index (κ2) is 13.0. The second-order valence-corrected chi connectivity index (χ2v) is 12.5. The van der Waals surface area contributed by atoms with Crippen LogP contribution in [0.3, 0.4) is 0 Å². The number of rotatable bonds is 8. The fourth-order valence-corrected chi connectivity index (χ4v) is 6.42. The largest absolute Gasteiger partial charge is 0.464 e. The Balaban J connectivity index is 1.65. The molecule has 1 fully saturated rings. The van der Waals surface area contributed by atoms with Gasteiger partial charge in [0.25, 0.3) is 0 Å². The lowest BCUT2D eigenvalue weighted by atomic mass is 10.0. The number of halogens is 4. The molecule has 44 heavy (non-hydrogen) atoms. The summed E-state index contributed by atoms with van der Waals surface area (Å²) in [6.45, 7) is 3.62. The molecule has 1 amide bonds. The van der Waals surface area contributed by atoms with Crippen LogP contribution in [0.2, 0.25) is 5.15 Å². The number of alkyl halides is 3. The molecular weight excluding hydrogens is 625 g/mol. The van der Waals surface area contributed by atoms with E-state index < -0.39 is 44.6 Å². The molecule has 0 aliphatic carbocycles. The zero-order valence-corrected chi connectivity index (χ0v) is 25.5. The molecule has 236 valence electrons. The first kappa shape index (κ1) is 33.0. The van der Waals surface area contributed by atoms with E-state index in [1.807, 2.05) is 38.1 Å². The predicted octanol–water partition coefficient (Wildman–Crippen LogP) is 3.84. The summed E-state index contributed by atoms with van der Waals surface area (Å²) in [7, 11) is -3.31. The van der Waals surface area contributed by atoms with Crippen molar-refractivity contribution in [2.24, 2.45) is 0 Å². The number of anilines is 2. The molecule has 0 radical (unpaired) electrons. The van der Waals surface area contributed by atoms with Crippen molar-refractivity contribution in [2.75, 3.05) is 37.4 Å². The fraction of sp³-hybridized carbons (Fsp3) is 0.357. The third-order valence-corrected chi connectivity index (χ3v) is 9.25. The van der Waals surface area contributed by atoms with Crippen molar-refractivity contribution in [2.45, 2.75) is 43.4 Å². The number of benzene rings is 2. The standard InChI is InChI=1S/C28H30ClF3N6O5S/c1-16(2)18-6-4-17(5-7-18)14-34-26(39)21-15-37(25-23(29)35-22(24(33)36-25)27(40)43-3)12-13-38(21)44(41,42)20-10-8-19(9-11-20)28(30,31)32/h4-11,16,21H,12-15H2,1-3H3,(H2,33,36)(H,34,39)/t21-/m1/s1. The minimum atomic E-state index is -4.66. The number of nitrogen functional groups attached to an aromatic ring is 1. The van der Waals surface area contributed by atoms with Crippen molar-refractivity contribution in [1.29, 1.82) is 0 Å². The van der Waals surface area contributed by atoms with Crippen LogP contribution in [-0.2, 0) is 32.3 Å². The van der Waals surface area contributed by atoms with Gasteiger partial charge in [0.05, 0.1) is 17.6 Å². The molecule has 3 N–H and O–H groups in total. The van der Waals surface area contributed by atoms with Gasteiger partial charge in [0, 0.05) is 26.2 Å². The average Bonchev–Trinajstić information content (AvgIpc) is 2.99. The van der Waals surface area contributed by atoms with Gasteiger partial charge in [-0.2, -0.15) is 17.5 Å². The summed E-state index contributed by atoms with van der Waals surface area (Å²) in [5.74, 6) is -1.51. The van der Waals surface area contributed by atoms with Crippen LogP contribution in [0.25, 0.3) is 0 Å². The summed E-state index contributed by atoms with van der Waals surface area (Å²) in [5.41, 5.74) is 6.44. The van der Waals surface area contributed by atoms with Crippen molar-refractivity contribution in [3.63, 3.8) is 0 Å².